The van der Waals surface area contributed by atoms with Gasteiger partial charge in [0.2, 0.25) is 0 Å². The minimum atomic E-state index is 0.549. The maximum absolute atomic E-state index is 5.73. The normalized spacial score (nSPS) is 10.4. The Hall–Kier alpha value is -2.82. The van der Waals surface area contributed by atoms with Crippen molar-refractivity contribution >= 4 is 0 Å². The van der Waals surface area contributed by atoms with Crippen LogP contribution in [0.2, 0.25) is 0 Å². The van der Waals surface area contributed by atoms with Crippen molar-refractivity contribution in [2.45, 2.75) is 13.2 Å². The molecular formula is C17H17N3O2. The highest BCUT2D eigenvalue weighted by Crippen LogP contribution is 2.18. The number of benzene rings is 2. The molecule has 0 spiro atoms. The van der Waals surface area contributed by atoms with Gasteiger partial charge in [-0.3, -0.25) is 0 Å². The number of nitrogens with zero attached hydrogens (tertiary/aromatic N) is 3. The van der Waals surface area contributed by atoms with Gasteiger partial charge < -0.3 is 9.47 Å². The van der Waals surface area contributed by atoms with Gasteiger partial charge in [0.25, 0.3) is 0 Å². The highest BCUT2D eigenvalue weighted by Gasteiger charge is 1.98. The molecule has 0 aliphatic carbocycles. The third-order valence-corrected chi connectivity index (χ3v) is 3.13. The van der Waals surface area contributed by atoms with Gasteiger partial charge in [0.05, 0.1) is 12.7 Å². The van der Waals surface area contributed by atoms with Crippen molar-refractivity contribution in [3.8, 4) is 11.5 Å². The molecule has 0 aliphatic rings. The Morgan fingerprint density at radius 3 is 2.27 bits per heavy atom. The smallest absolute Gasteiger partial charge is 0.120 e. The van der Waals surface area contributed by atoms with Crippen LogP contribution in [0.15, 0.2) is 67.0 Å². The van der Waals surface area contributed by atoms with Crippen molar-refractivity contribution < 1.29 is 9.47 Å². The lowest BCUT2D eigenvalue weighted by atomic mass is 10.2. The Morgan fingerprint density at radius 1 is 0.864 bits per heavy atom. The predicted molar refractivity (Wildman–Crippen MR) is 82.7 cm³/mol. The molecule has 0 fully saturated rings. The minimum Gasteiger partial charge on any atom is -0.492 e. The molecular weight excluding hydrogens is 278 g/mol. The van der Waals surface area contributed by atoms with E-state index in [1.165, 1.54) is 0 Å². The Bertz CT molecular complexity index is 667. The molecule has 0 aliphatic heterocycles. The van der Waals surface area contributed by atoms with Gasteiger partial charge >= 0.3 is 0 Å². The van der Waals surface area contributed by atoms with Gasteiger partial charge in [-0.15, -0.1) is 5.10 Å². The van der Waals surface area contributed by atoms with Gasteiger partial charge in [-0.05, 0) is 29.8 Å². The van der Waals surface area contributed by atoms with Gasteiger partial charge in [-0.2, -0.15) is 0 Å². The van der Waals surface area contributed by atoms with E-state index in [1.807, 2.05) is 60.8 Å². The van der Waals surface area contributed by atoms with Crippen LogP contribution in [0.25, 0.3) is 0 Å². The number of ether oxygens (including phenoxy) is 2. The van der Waals surface area contributed by atoms with Crippen LogP contribution in [0.5, 0.6) is 11.5 Å². The minimum absolute atomic E-state index is 0.549. The maximum Gasteiger partial charge on any atom is 0.120 e. The second-order valence-corrected chi connectivity index (χ2v) is 4.76. The first-order valence-electron chi connectivity index (χ1n) is 7.14. The molecule has 1 aromatic heterocycles. The zero-order valence-electron chi connectivity index (χ0n) is 12.1. The van der Waals surface area contributed by atoms with Crippen LogP contribution in [-0.4, -0.2) is 21.6 Å². The molecule has 5 heteroatoms. The number of aromatic nitrogens is 3. The molecule has 0 radical (unpaired) electrons. The van der Waals surface area contributed by atoms with E-state index < -0.39 is 0 Å². The summed E-state index contributed by atoms with van der Waals surface area (Å²) in [5, 5.41) is 7.63. The zero-order chi connectivity index (χ0) is 15.0. The largest absolute Gasteiger partial charge is 0.492 e. The SMILES string of the molecule is c1ccc(COc2ccc(OCCn3ccnn3)cc2)cc1. The topological polar surface area (TPSA) is 49.2 Å². The summed E-state index contributed by atoms with van der Waals surface area (Å²) in [6.07, 6.45) is 3.46. The molecule has 0 amide bonds. The molecule has 112 valence electrons. The van der Waals surface area contributed by atoms with Gasteiger partial charge in [0, 0.05) is 6.20 Å². The van der Waals surface area contributed by atoms with Crippen LogP contribution in [0.3, 0.4) is 0 Å². The number of hydrogen-bond acceptors (Lipinski definition) is 4. The van der Waals surface area contributed by atoms with E-state index in [9.17, 15) is 0 Å². The molecule has 3 rings (SSSR count). The first kappa shape index (κ1) is 14.1. The van der Waals surface area contributed by atoms with Crippen LogP contribution < -0.4 is 9.47 Å². The first-order chi connectivity index (χ1) is 10.9. The summed E-state index contributed by atoms with van der Waals surface area (Å²) < 4.78 is 13.1. The summed E-state index contributed by atoms with van der Waals surface area (Å²) in [5.74, 6) is 1.64. The lowest BCUT2D eigenvalue weighted by Gasteiger charge is -2.09. The van der Waals surface area contributed by atoms with Crippen molar-refractivity contribution in [1.82, 2.24) is 15.0 Å². The molecule has 5 nitrogen and oxygen atoms in total. The Morgan fingerprint density at radius 2 is 1.59 bits per heavy atom. The maximum atomic E-state index is 5.73. The van der Waals surface area contributed by atoms with Crippen LogP contribution in [0.1, 0.15) is 5.56 Å². The van der Waals surface area contributed by atoms with E-state index in [1.54, 1.807) is 10.9 Å². The quantitative estimate of drug-likeness (QED) is 0.672. The van der Waals surface area contributed by atoms with E-state index in [0.717, 1.165) is 17.1 Å². The van der Waals surface area contributed by atoms with Gasteiger partial charge in [-0.1, -0.05) is 35.5 Å². The molecule has 0 unspecified atom stereocenters. The van der Waals surface area contributed by atoms with E-state index in [2.05, 4.69) is 10.3 Å². The monoisotopic (exact) mass is 295 g/mol. The number of rotatable bonds is 7. The van der Waals surface area contributed by atoms with E-state index in [4.69, 9.17) is 9.47 Å². The summed E-state index contributed by atoms with van der Waals surface area (Å²) in [6, 6.07) is 17.7. The molecule has 1 heterocycles. The predicted octanol–water partition coefficient (Wildman–Crippen LogP) is 2.94. The van der Waals surface area contributed by atoms with Crippen molar-refractivity contribution in [3.63, 3.8) is 0 Å². The van der Waals surface area contributed by atoms with E-state index >= 15 is 0 Å². The highest BCUT2D eigenvalue weighted by atomic mass is 16.5. The molecule has 2 aromatic carbocycles. The summed E-state index contributed by atoms with van der Waals surface area (Å²) in [5.41, 5.74) is 1.15. The van der Waals surface area contributed by atoms with Gasteiger partial charge in [-0.25, -0.2) is 4.68 Å². The van der Waals surface area contributed by atoms with Crippen LogP contribution in [-0.2, 0) is 13.2 Å². The van der Waals surface area contributed by atoms with Crippen molar-refractivity contribution in [2.75, 3.05) is 6.61 Å². The van der Waals surface area contributed by atoms with Crippen LogP contribution >= 0.6 is 0 Å². The highest BCUT2D eigenvalue weighted by molar-refractivity contribution is 5.31. The molecule has 0 bridgehead atoms. The average molecular weight is 295 g/mol. The fourth-order valence-corrected chi connectivity index (χ4v) is 1.98. The van der Waals surface area contributed by atoms with E-state index in [0.29, 0.717) is 19.8 Å². The molecule has 0 atom stereocenters. The third kappa shape index (κ3) is 4.09. The standard InChI is InChI=1S/C17H17N3O2/c1-2-4-15(5-3-1)14-22-17-8-6-16(7-9-17)21-13-12-20-11-10-18-19-20/h1-11H,12-14H2. The summed E-state index contributed by atoms with van der Waals surface area (Å²) >= 11 is 0. The second-order valence-electron chi connectivity index (χ2n) is 4.76. The third-order valence-electron chi connectivity index (χ3n) is 3.13. The van der Waals surface area contributed by atoms with Crippen molar-refractivity contribution in [2.24, 2.45) is 0 Å². The summed E-state index contributed by atoms with van der Waals surface area (Å²) in [6.45, 7) is 1.78. The lowest BCUT2D eigenvalue weighted by Crippen LogP contribution is -2.08. The van der Waals surface area contributed by atoms with E-state index in [-0.39, 0.29) is 0 Å². The van der Waals surface area contributed by atoms with Crippen molar-refractivity contribution in [3.05, 3.63) is 72.6 Å². The van der Waals surface area contributed by atoms with Crippen LogP contribution in [0.4, 0.5) is 0 Å². The Balaban J connectivity index is 1.45. The molecule has 3 aromatic rings. The molecule has 0 saturated heterocycles. The zero-order valence-corrected chi connectivity index (χ0v) is 12.1. The lowest BCUT2D eigenvalue weighted by molar-refractivity contribution is 0.286. The molecule has 0 N–H and O–H groups in total. The fourth-order valence-electron chi connectivity index (χ4n) is 1.98. The number of hydrogen-bond donors (Lipinski definition) is 0. The van der Waals surface area contributed by atoms with Crippen molar-refractivity contribution in [1.29, 1.82) is 0 Å². The summed E-state index contributed by atoms with van der Waals surface area (Å²) in [4.78, 5) is 0. The molecule has 0 saturated carbocycles. The summed E-state index contributed by atoms with van der Waals surface area (Å²) in [7, 11) is 0. The Kier molecular flexibility index (Phi) is 4.67. The van der Waals surface area contributed by atoms with Gasteiger partial charge in [0.15, 0.2) is 0 Å². The first-order valence-corrected chi connectivity index (χ1v) is 7.14. The fraction of sp³-hybridized carbons (Fsp3) is 0.176. The van der Waals surface area contributed by atoms with Gasteiger partial charge in [0.1, 0.15) is 24.7 Å². The average Bonchev–Trinajstić information content (AvgIpc) is 3.08. The Labute approximate surface area is 129 Å². The molecule has 22 heavy (non-hydrogen) atoms. The second kappa shape index (κ2) is 7.26. The van der Waals surface area contributed by atoms with Crippen LogP contribution in [0, 0.1) is 0 Å².